The third kappa shape index (κ3) is 4.10. The molecule has 8 atom stereocenters. The molecule has 4 nitrogen and oxygen atoms in total. The Morgan fingerprint density at radius 1 is 1.00 bits per heavy atom. The minimum atomic E-state index is -0.384. The van der Waals surface area contributed by atoms with Gasteiger partial charge in [-0.25, -0.2) is 10.1 Å². The van der Waals surface area contributed by atoms with Crippen LogP contribution in [-0.2, 0) is 0 Å². The van der Waals surface area contributed by atoms with Crippen LogP contribution in [0.5, 0.6) is 0 Å². The molecular formula is C27H46N2O2. The molecule has 0 aromatic heterocycles. The van der Waals surface area contributed by atoms with E-state index in [4.69, 9.17) is 0 Å². The quantitative estimate of drug-likeness (QED) is 0.319. The van der Waals surface area contributed by atoms with Gasteiger partial charge in [-0.2, -0.15) is 0 Å². The fraction of sp³-hybridized carbons (Fsp3) is 0.963. The first-order chi connectivity index (χ1) is 14.7. The molecule has 0 saturated heterocycles. The highest BCUT2D eigenvalue weighted by atomic mass is 16.7. The van der Waals surface area contributed by atoms with E-state index in [0.717, 1.165) is 29.9 Å². The second kappa shape index (κ2) is 8.78. The maximum atomic E-state index is 11.5. The Morgan fingerprint density at radius 2 is 1.74 bits per heavy atom. The van der Waals surface area contributed by atoms with Crippen LogP contribution in [0.1, 0.15) is 112 Å². The molecule has 0 N–H and O–H groups in total. The maximum Gasteiger partial charge on any atom is 0.190 e. The second-order valence-electron chi connectivity index (χ2n) is 12.8. The predicted octanol–water partition coefficient (Wildman–Crippen LogP) is 7.74. The third-order valence-corrected chi connectivity index (χ3v) is 10.8. The number of fused-ring (bicyclic) bond motifs is 5. The smallest absolute Gasteiger partial charge is 0.190 e. The highest BCUT2D eigenvalue weighted by Gasteiger charge is 2.62. The molecule has 0 amide bonds. The van der Waals surface area contributed by atoms with Crippen molar-refractivity contribution in [2.75, 3.05) is 0 Å². The number of hydrogen-bond acceptors (Lipinski definition) is 2. The van der Waals surface area contributed by atoms with Crippen molar-refractivity contribution in [3.8, 4) is 0 Å². The molecular weight excluding hydrogens is 384 g/mol. The van der Waals surface area contributed by atoms with Gasteiger partial charge in [0.05, 0.1) is 10.8 Å². The van der Waals surface area contributed by atoms with Crippen LogP contribution < -0.4 is 0 Å². The van der Waals surface area contributed by atoms with Gasteiger partial charge in [0, 0.05) is 5.92 Å². The summed E-state index contributed by atoms with van der Waals surface area (Å²) in [6, 6.07) is 0. The minimum absolute atomic E-state index is 0.341. The number of hydrazone groups is 1. The van der Waals surface area contributed by atoms with Crippen molar-refractivity contribution in [2.45, 2.75) is 112 Å². The van der Waals surface area contributed by atoms with Gasteiger partial charge in [0.15, 0.2) is 5.03 Å². The molecule has 4 saturated carbocycles. The normalized spacial score (nSPS) is 44.6. The summed E-state index contributed by atoms with van der Waals surface area (Å²) < 4.78 is 0. The van der Waals surface area contributed by atoms with Gasteiger partial charge in [0.25, 0.3) is 0 Å². The fourth-order valence-electron chi connectivity index (χ4n) is 9.22. The number of hydrogen-bond donors (Lipinski definition) is 0. The van der Waals surface area contributed by atoms with Crippen LogP contribution in [0.2, 0.25) is 0 Å². The first-order valence-corrected chi connectivity index (χ1v) is 13.4. The Labute approximate surface area is 190 Å². The fourth-order valence-corrected chi connectivity index (χ4v) is 9.22. The molecule has 0 radical (unpaired) electrons. The van der Waals surface area contributed by atoms with E-state index in [9.17, 15) is 10.1 Å². The topological polar surface area (TPSA) is 55.5 Å². The molecule has 4 rings (SSSR count). The Kier molecular flexibility index (Phi) is 6.58. The average Bonchev–Trinajstić information content (AvgIpc) is 3.04. The lowest BCUT2D eigenvalue weighted by Crippen LogP contribution is -2.56. The minimum Gasteiger partial charge on any atom is -0.233 e. The standard InChI is InChI=1S/C27H46N2O2/c1-18(2)9-8-10-19(3)21-12-13-22-25-23(14-16-27(21,22)5)26(4)15-7-6-11-20(26)17-24(25)28-29(30)31/h18-23,25H,6-17H2,1-5H3/b28-24+/t19-,20-,21+,22-,23-,25+,26+,27+/m1/s1. The van der Waals surface area contributed by atoms with Crippen molar-refractivity contribution < 1.29 is 5.03 Å². The molecule has 176 valence electrons. The van der Waals surface area contributed by atoms with E-state index in [-0.39, 0.29) is 5.03 Å². The van der Waals surface area contributed by atoms with Crippen molar-refractivity contribution in [2.24, 2.45) is 57.4 Å². The van der Waals surface area contributed by atoms with E-state index in [1.165, 1.54) is 70.6 Å². The Morgan fingerprint density at radius 3 is 2.45 bits per heavy atom. The van der Waals surface area contributed by atoms with Crippen LogP contribution in [0.3, 0.4) is 0 Å². The van der Waals surface area contributed by atoms with E-state index >= 15 is 0 Å². The van der Waals surface area contributed by atoms with Crippen LogP contribution in [0, 0.1) is 62.4 Å². The monoisotopic (exact) mass is 430 g/mol. The largest absolute Gasteiger partial charge is 0.233 e. The Balaban J connectivity index is 1.60. The summed E-state index contributed by atoms with van der Waals surface area (Å²) in [5.74, 6) is 4.51. The summed E-state index contributed by atoms with van der Waals surface area (Å²) in [5.41, 5.74) is 1.69. The molecule has 0 aliphatic heterocycles. The molecule has 0 bridgehead atoms. The van der Waals surface area contributed by atoms with Crippen molar-refractivity contribution in [1.82, 2.24) is 0 Å². The van der Waals surface area contributed by atoms with Crippen molar-refractivity contribution in [1.29, 1.82) is 0 Å². The Bertz CT molecular complexity index is 703. The summed E-state index contributed by atoms with van der Waals surface area (Å²) >= 11 is 0. The first-order valence-electron chi connectivity index (χ1n) is 13.4. The van der Waals surface area contributed by atoms with Gasteiger partial charge in [-0.15, -0.1) is 0 Å². The molecule has 4 fully saturated rings. The lowest BCUT2D eigenvalue weighted by atomic mass is 9.44. The first kappa shape index (κ1) is 23.2. The van der Waals surface area contributed by atoms with Crippen LogP contribution >= 0.6 is 0 Å². The SMILES string of the molecule is CC(C)CCC[C@@H](C)[C@@H]1CC[C@@H]2[C@@H]3/C(=N/[N+](=O)[O-])C[C@H]4CCCC[C@]4(C)[C@@H]3CC[C@]21C. The van der Waals surface area contributed by atoms with Crippen LogP contribution in [0.4, 0.5) is 0 Å². The van der Waals surface area contributed by atoms with Gasteiger partial charge in [-0.05, 0) is 91.3 Å². The number of nitro groups is 1. The van der Waals surface area contributed by atoms with Crippen LogP contribution in [0.25, 0.3) is 0 Å². The Hall–Kier alpha value is -0.930. The zero-order valence-electron chi connectivity index (χ0n) is 20.7. The van der Waals surface area contributed by atoms with Crippen molar-refractivity contribution in [3.05, 3.63) is 10.1 Å². The summed E-state index contributed by atoms with van der Waals surface area (Å²) in [6.45, 7) is 12.3. The van der Waals surface area contributed by atoms with E-state index < -0.39 is 0 Å². The highest BCUT2D eigenvalue weighted by Crippen LogP contribution is 2.67. The average molecular weight is 431 g/mol. The molecule has 0 aromatic carbocycles. The highest BCUT2D eigenvalue weighted by molar-refractivity contribution is 5.88. The maximum absolute atomic E-state index is 11.5. The molecule has 4 aliphatic rings. The summed E-state index contributed by atoms with van der Waals surface area (Å²) in [4.78, 5) is 11.5. The lowest BCUT2D eigenvalue weighted by molar-refractivity contribution is -0.485. The van der Waals surface area contributed by atoms with E-state index in [2.05, 4.69) is 39.7 Å². The molecule has 31 heavy (non-hydrogen) atoms. The van der Waals surface area contributed by atoms with Gasteiger partial charge in [-0.3, -0.25) is 0 Å². The van der Waals surface area contributed by atoms with Crippen LogP contribution in [-0.4, -0.2) is 10.7 Å². The molecule has 4 heteroatoms. The van der Waals surface area contributed by atoms with E-state index in [1.807, 2.05) is 0 Å². The summed E-state index contributed by atoms with van der Waals surface area (Å²) in [6.07, 6.45) is 15.3. The zero-order valence-corrected chi connectivity index (χ0v) is 20.7. The van der Waals surface area contributed by atoms with Crippen LogP contribution in [0.15, 0.2) is 5.10 Å². The molecule has 4 aliphatic carbocycles. The zero-order chi connectivity index (χ0) is 22.4. The number of rotatable bonds is 6. The molecule has 0 aromatic rings. The molecule has 0 spiro atoms. The summed E-state index contributed by atoms with van der Waals surface area (Å²) in [7, 11) is 0. The summed E-state index contributed by atoms with van der Waals surface area (Å²) in [5, 5.41) is 15.2. The van der Waals surface area contributed by atoms with Crippen molar-refractivity contribution >= 4 is 5.71 Å². The van der Waals surface area contributed by atoms with Gasteiger partial charge >= 0.3 is 0 Å². The third-order valence-electron chi connectivity index (χ3n) is 10.8. The van der Waals surface area contributed by atoms with E-state index in [0.29, 0.717) is 34.5 Å². The number of nitrogens with zero attached hydrogens (tertiary/aromatic N) is 2. The van der Waals surface area contributed by atoms with E-state index in [1.54, 1.807) is 0 Å². The molecule has 0 unspecified atom stereocenters. The molecule has 0 heterocycles. The van der Waals surface area contributed by atoms with Gasteiger partial charge < -0.3 is 0 Å². The lowest BCUT2D eigenvalue weighted by Gasteiger charge is -2.60. The van der Waals surface area contributed by atoms with Gasteiger partial charge in [0.1, 0.15) is 0 Å². The second-order valence-corrected chi connectivity index (χ2v) is 12.8. The van der Waals surface area contributed by atoms with Gasteiger partial charge in [0.2, 0.25) is 0 Å². The van der Waals surface area contributed by atoms with Gasteiger partial charge in [-0.1, -0.05) is 66.7 Å². The van der Waals surface area contributed by atoms with Crippen molar-refractivity contribution in [3.63, 3.8) is 0 Å². The predicted molar refractivity (Wildman–Crippen MR) is 127 cm³/mol.